The second-order valence-electron chi connectivity index (χ2n) is 5.32. The summed E-state index contributed by atoms with van der Waals surface area (Å²) in [6.07, 6.45) is 2.18. The van der Waals surface area contributed by atoms with Crippen LogP contribution in [0.2, 0.25) is 0 Å². The molecular formula is C13H16N4O3S. The van der Waals surface area contributed by atoms with Crippen LogP contribution in [0.3, 0.4) is 0 Å². The second kappa shape index (κ2) is 4.73. The topological polar surface area (TPSA) is 100.0 Å². The van der Waals surface area contributed by atoms with Crippen LogP contribution in [0, 0.1) is 0 Å². The number of aromatic nitrogens is 3. The Hall–Kier alpha value is -2.09. The zero-order valence-corrected chi connectivity index (χ0v) is 12.4. The standard InChI is InChI=1S/C13H16N4O3S/c1-16-4-2-9(6-13(16)18)11-7-12(14)17(15-11)10-3-5-21(19,20)8-10/h2,4,6-7,10H,3,5,8,14H2,1H3. The van der Waals surface area contributed by atoms with Gasteiger partial charge in [0.2, 0.25) is 0 Å². The normalized spacial score (nSPS) is 20.7. The van der Waals surface area contributed by atoms with E-state index in [9.17, 15) is 13.2 Å². The summed E-state index contributed by atoms with van der Waals surface area (Å²) in [5, 5.41) is 4.38. The van der Waals surface area contributed by atoms with Gasteiger partial charge in [0.15, 0.2) is 9.84 Å². The molecule has 2 N–H and O–H groups in total. The van der Waals surface area contributed by atoms with Crippen molar-refractivity contribution in [3.63, 3.8) is 0 Å². The number of nitrogens with two attached hydrogens (primary N) is 1. The van der Waals surface area contributed by atoms with Crippen LogP contribution in [0.15, 0.2) is 29.2 Å². The third-order valence-corrected chi connectivity index (χ3v) is 5.47. The number of hydrogen-bond acceptors (Lipinski definition) is 5. The predicted octanol–water partition coefficient (Wildman–Crippen LogP) is 0.191. The van der Waals surface area contributed by atoms with Gasteiger partial charge in [0.05, 0.1) is 23.2 Å². The lowest BCUT2D eigenvalue weighted by Crippen LogP contribution is -2.15. The fraction of sp³-hybridized carbons (Fsp3) is 0.385. The van der Waals surface area contributed by atoms with Crippen molar-refractivity contribution in [1.29, 1.82) is 0 Å². The van der Waals surface area contributed by atoms with E-state index in [1.165, 1.54) is 10.6 Å². The molecule has 0 aromatic carbocycles. The third kappa shape index (κ3) is 2.58. The number of nitrogen functional groups attached to an aromatic ring is 1. The van der Waals surface area contributed by atoms with Crippen LogP contribution in [-0.4, -0.2) is 34.3 Å². The van der Waals surface area contributed by atoms with Crippen molar-refractivity contribution >= 4 is 15.7 Å². The monoisotopic (exact) mass is 308 g/mol. The molecule has 2 aromatic heterocycles. The Labute approximate surface area is 121 Å². The Morgan fingerprint density at radius 2 is 2.14 bits per heavy atom. The van der Waals surface area contributed by atoms with Crippen molar-refractivity contribution in [3.8, 4) is 11.3 Å². The van der Waals surface area contributed by atoms with Gasteiger partial charge in [-0.25, -0.2) is 13.1 Å². The van der Waals surface area contributed by atoms with Crippen molar-refractivity contribution in [2.24, 2.45) is 7.05 Å². The fourth-order valence-electron chi connectivity index (χ4n) is 2.52. The summed E-state index contributed by atoms with van der Waals surface area (Å²) in [6.45, 7) is 0. The molecule has 0 aliphatic carbocycles. The summed E-state index contributed by atoms with van der Waals surface area (Å²) < 4.78 is 26.1. The van der Waals surface area contributed by atoms with Crippen LogP contribution in [0.25, 0.3) is 11.3 Å². The zero-order chi connectivity index (χ0) is 15.2. The predicted molar refractivity (Wildman–Crippen MR) is 79.6 cm³/mol. The second-order valence-corrected chi connectivity index (χ2v) is 7.55. The highest BCUT2D eigenvalue weighted by atomic mass is 32.2. The third-order valence-electron chi connectivity index (χ3n) is 3.72. The lowest BCUT2D eigenvalue weighted by Gasteiger charge is -2.10. The van der Waals surface area contributed by atoms with Crippen LogP contribution >= 0.6 is 0 Å². The minimum Gasteiger partial charge on any atom is -0.384 e. The van der Waals surface area contributed by atoms with Crippen molar-refractivity contribution in [2.75, 3.05) is 17.2 Å². The van der Waals surface area contributed by atoms with E-state index in [1.807, 2.05) is 0 Å². The van der Waals surface area contributed by atoms with Crippen LogP contribution in [0.4, 0.5) is 5.82 Å². The van der Waals surface area contributed by atoms with Gasteiger partial charge in [-0.3, -0.25) is 4.79 Å². The van der Waals surface area contributed by atoms with Crippen LogP contribution < -0.4 is 11.3 Å². The lowest BCUT2D eigenvalue weighted by atomic mass is 10.2. The number of pyridine rings is 1. The maximum atomic E-state index is 11.7. The molecule has 1 atom stereocenters. The van der Waals surface area contributed by atoms with Crippen molar-refractivity contribution in [1.82, 2.24) is 14.3 Å². The van der Waals surface area contributed by atoms with E-state index in [1.54, 1.807) is 30.1 Å². The molecule has 0 spiro atoms. The number of rotatable bonds is 2. The first-order valence-electron chi connectivity index (χ1n) is 6.58. The highest BCUT2D eigenvalue weighted by Gasteiger charge is 2.31. The molecule has 112 valence electrons. The van der Waals surface area contributed by atoms with Crippen LogP contribution in [0.1, 0.15) is 12.5 Å². The van der Waals surface area contributed by atoms with Gasteiger partial charge in [-0.2, -0.15) is 5.10 Å². The molecule has 1 aliphatic rings. The van der Waals surface area contributed by atoms with Gasteiger partial charge in [0, 0.05) is 30.9 Å². The molecule has 8 heteroatoms. The quantitative estimate of drug-likeness (QED) is 0.853. The van der Waals surface area contributed by atoms with Gasteiger partial charge < -0.3 is 10.3 Å². The molecule has 0 amide bonds. The molecule has 0 saturated carbocycles. The molecule has 1 aliphatic heterocycles. The van der Waals surface area contributed by atoms with Gasteiger partial charge >= 0.3 is 0 Å². The molecule has 1 fully saturated rings. The van der Waals surface area contributed by atoms with Crippen LogP contribution in [0.5, 0.6) is 0 Å². The van der Waals surface area contributed by atoms with Crippen molar-refractivity contribution in [3.05, 3.63) is 34.7 Å². The Morgan fingerprint density at radius 1 is 1.38 bits per heavy atom. The Bertz CT molecular complexity index is 851. The fourth-order valence-corrected chi connectivity index (χ4v) is 4.21. The van der Waals surface area contributed by atoms with E-state index < -0.39 is 9.84 Å². The number of nitrogens with zero attached hydrogens (tertiary/aromatic N) is 3. The summed E-state index contributed by atoms with van der Waals surface area (Å²) in [7, 11) is -1.33. The van der Waals surface area contributed by atoms with Gasteiger partial charge in [-0.05, 0) is 12.5 Å². The summed E-state index contributed by atoms with van der Waals surface area (Å²) in [6, 6.07) is 4.70. The summed E-state index contributed by atoms with van der Waals surface area (Å²) in [5.41, 5.74) is 7.05. The lowest BCUT2D eigenvalue weighted by molar-refractivity contribution is 0.508. The first-order chi connectivity index (χ1) is 9.85. The molecule has 3 heterocycles. The number of sulfone groups is 1. The molecule has 1 unspecified atom stereocenters. The van der Waals surface area contributed by atoms with E-state index in [4.69, 9.17) is 5.73 Å². The SMILES string of the molecule is Cn1ccc(-c2cc(N)n(C3CCS(=O)(=O)C3)n2)cc1=O. The highest BCUT2D eigenvalue weighted by molar-refractivity contribution is 7.91. The average Bonchev–Trinajstić information content (AvgIpc) is 2.95. The molecule has 0 radical (unpaired) electrons. The van der Waals surface area contributed by atoms with Crippen LogP contribution in [-0.2, 0) is 16.9 Å². The number of hydrogen-bond donors (Lipinski definition) is 1. The maximum Gasteiger partial charge on any atom is 0.250 e. The maximum absolute atomic E-state index is 11.7. The molecule has 3 rings (SSSR count). The molecule has 0 bridgehead atoms. The number of anilines is 1. The summed E-state index contributed by atoms with van der Waals surface area (Å²) >= 11 is 0. The molecule has 1 saturated heterocycles. The van der Waals surface area contributed by atoms with E-state index in [0.717, 1.165) is 0 Å². The average molecular weight is 308 g/mol. The highest BCUT2D eigenvalue weighted by Crippen LogP contribution is 2.28. The Kier molecular flexibility index (Phi) is 3.12. The van der Waals surface area contributed by atoms with E-state index in [-0.39, 0.29) is 23.1 Å². The van der Waals surface area contributed by atoms with E-state index in [0.29, 0.717) is 23.5 Å². The van der Waals surface area contributed by atoms with Crippen molar-refractivity contribution < 1.29 is 8.42 Å². The van der Waals surface area contributed by atoms with Gasteiger partial charge in [0.25, 0.3) is 5.56 Å². The smallest absolute Gasteiger partial charge is 0.250 e. The molecule has 21 heavy (non-hydrogen) atoms. The largest absolute Gasteiger partial charge is 0.384 e. The minimum absolute atomic E-state index is 0.0644. The summed E-state index contributed by atoms with van der Waals surface area (Å²) in [4.78, 5) is 11.7. The molecule has 2 aromatic rings. The van der Waals surface area contributed by atoms with Gasteiger partial charge in [-0.1, -0.05) is 0 Å². The Morgan fingerprint density at radius 3 is 2.76 bits per heavy atom. The first-order valence-corrected chi connectivity index (χ1v) is 8.40. The van der Waals surface area contributed by atoms with E-state index >= 15 is 0 Å². The van der Waals surface area contributed by atoms with E-state index in [2.05, 4.69) is 5.10 Å². The summed E-state index contributed by atoms with van der Waals surface area (Å²) in [5.74, 6) is 0.639. The first kappa shape index (κ1) is 13.9. The molecule has 7 nitrogen and oxygen atoms in total. The van der Waals surface area contributed by atoms with Crippen molar-refractivity contribution in [2.45, 2.75) is 12.5 Å². The van der Waals surface area contributed by atoms with Gasteiger partial charge in [0.1, 0.15) is 5.82 Å². The zero-order valence-electron chi connectivity index (χ0n) is 11.6. The van der Waals surface area contributed by atoms with Gasteiger partial charge in [-0.15, -0.1) is 0 Å². The number of aryl methyl sites for hydroxylation is 1. The minimum atomic E-state index is -3.00. The molecular weight excluding hydrogens is 292 g/mol. The Balaban J connectivity index is 1.98.